The number of carbonyl (C=O) groups excluding carboxylic acids is 1. The Bertz CT molecular complexity index is 308. The smallest absolute Gasteiger partial charge is 0.255 e. The van der Waals surface area contributed by atoms with Crippen molar-refractivity contribution in [3.05, 3.63) is 35.9 Å². The average Bonchev–Trinajstić information content (AvgIpc) is 2.19. The van der Waals surface area contributed by atoms with E-state index in [4.69, 9.17) is 0 Å². The number of hydrogen-bond acceptors (Lipinski definition) is 3. The van der Waals surface area contributed by atoms with E-state index in [-0.39, 0.29) is 6.42 Å². The van der Waals surface area contributed by atoms with Gasteiger partial charge in [0.15, 0.2) is 0 Å². The molecular formula is C10H13NO3. The van der Waals surface area contributed by atoms with E-state index < -0.39 is 11.8 Å². The lowest BCUT2D eigenvalue weighted by molar-refractivity contribution is -0.177. The molecule has 1 aromatic rings. The van der Waals surface area contributed by atoms with E-state index in [1.54, 1.807) is 37.3 Å². The highest BCUT2D eigenvalue weighted by atomic mass is 16.5. The first-order chi connectivity index (χ1) is 6.55. The van der Waals surface area contributed by atoms with E-state index in [9.17, 15) is 15.0 Å². The molecule has 3 N–H and O–H groups in total. The Hall–Kier alpha value is -1.39. The number of benzene rings is 1. The molecule has 0 radical (unpaired) electrons. The molecule has 4 nitrogen and oxygen atoms in total. The molecule has 0 aliphatic rings. The summed E-state index contributed by atoms with van der Waals surface area (Å²) in [6, 6.07) is 8.39. The molecule has 0 unspecified atom stereocenters. The zero-order valence-corrected chi connectivity index (χ0v) is 7.90. The number of amides is 1. The normalized spacial score (nSPS) is 11.1. The molecule has 0 fully saturated rings. The van der Waals surface area contributed by atoms with Crippen molar-refractivity contribution in [2.45, 2.75) is 19.3 Å². The minimum absolute atomic E-state index is 0.0333. The first kappa shape index (κ1) is 10.7. The first-order valence-electron chi connectivity index (χ1n) is 4.37. The summed E-state index contributed by atoms with van der Waals surface area (Å²) in [5, 5.41) is 20.5. The molecule has 0 bridgehead atoms. The molecule has 0 spiro atoms. The summed E-state index contributed by atoms with van der Waals surface area (Å²) in [7, 11) is 0. The Morgan fingerprint density at radius 2 is 1.93 bits per heavy atom. The fraction of sp³-hybridized carbons (Fsp3) is 0.300. The topological polar surface area (TPSA) is 69.6 Å². The molecule has 0 aromatic heterocycles. The summed E-state index contributed by atoms with van der Waals surface area (Å²) in [5.74, 6) is -2.63. The van der Waals surface area contributed by atoms with Gasteiger partial charge in [0.1, 0.15) is 0 Å². The standard InChI is InChI=1S/C10H13NO3/c1-2-10(13,14)11-9(12)8-6-4-3-5-7-8/h3-7,13-14H,2H2,1H3,(H,11,12). The lowest BCUT2D eigenvalue weighted by Crippen LogP contribution is -2.47. The molecule has 1 amide bonds. The Kier molecular flexibility index (Phi) is 3.22. The average molecular weight is 195 g/mol. The number of rotatable bonds is 3. The zero-order chi connectivity index (χ0) is 10.6. The lowest BCUT2D eigenvalue weighted by Gasteiger charge is -2.20. The minimum Gasteiger partial charge on any atom is -0.349 e. The first-order valence-corrected chi connectivity index (χ1v) is 4.37. The van der Waals surface area contributed by atoms with E-state index in [0.717, 1.165) is 0 Å². The van der Waals surface area contributed by atoms with E-state index in [0.29, 0.717) is 5.56 Å². The Morgan fingerprint density at radius 3 is 2.43 bits per heavy atom. The van der Waals surface area contributed by atoms with Crippen molar-refractivity contribution in [2.75, 3.05) is 0 Å². The van der Waals surface area contributed by atoms with Crippen LogP contribution < -0.4 is 5.32 Å². The molecule has 1 aromatic carbocycles. The van der Waals surface area contributed by atoms with Gasteiger partial charge < -0.3 is 15.5 Å². The van der Waals surface area contributed by atoms with Crippen molar-refractivity contribution in [3.8, 4) is 0 Å². The third-order valence-electron chi connectivity index (χ3n) is 1.84. The molecule has 4 heteroatoms. The van der Waals surface area contributed by atoms with Crippen LogP contribution in [0, 0.1) is 0 Å². The summed E-state index contributed by atoms with van der Waals surface area (Å²) in [6.07, 6.45) is 0.0333. The van der Waals surface area contributed by atoms with Crippen LogP contribution in [0.1, 0.15) is 23.7 Å². The molecule has 0 aliphatic carbocycles. The van der Waals surface area contributed by atoms with E-state index in [1.807, 2.05) is 0 Å². The van der Waals surface area contributed by atoms with Gasteiger partial charge in [0.2, 0.25) is 5.91 Å². The quantitative estimate of drug-likeness (QED) is 0.614. The summed E-state index contributed by atoms with van der Waals surface area (Å²) >= 11 is 0. The largest absolute Gasteiger partial charge is 0.349 e. The molecule has 0 saturated carbocycles. The maximum atomic E-state index is 11.4. The van der Waals surface area contributed by atoms with Gasteiger partial charge in [0, 0.05) is 12.0 Å². The van der Waals surface area contributed by atoms with Crippen LogP contribution in [-0.2, 0) is 0 Å². The number of carbonyl (C=O) groups is 1. The van der Waals surface area contributed by atoms with Crippen molar-refractivity contribution >= 4 is 5.91 Å². The van der Waals surface area contributed by atoms with E-state index in [1.165, 1.54) is 0 Å². The summed E-state index contributed by atoms with van der Waals surface area (Å²) < 4.78 is 0. The Balaban J connectivity index is 2.69. The summed E-state index contributed by atoms with van der Waals surface area (Å²) in [6.45, 7) is 1.56. The highest BCUT2D eigenvalue weighted by Gasteiger charge is 2.22. The van der Waals surface area contributed by atoms with Gasteiger partial charge in [0.05, 0.1) is 0 Å². The van der Waals surface area contributed by atoms with Gasteiger partial charge >= 0.3 is 0 Å². The van der Waals surface area contributed by atoms with Gasteiger partial charge in [-0.05, 0) is 12.1 Å². The Labute approximate surface area is 82.2 Å². The molecule has 76 valence electrons. The second-order valence-corrected chi connectivity index (χ2v) is 2.99. The molecule has 1 rings (SSSR count). The molecule has 14 heavy (non-hydrogen) atoms. The predicted octanol–water partition coefficient (Wildman–Crippen LogP) is 0.465. The molecule has 0 heterocycles. The van der Waals surface area contributed by atoms with Crippen molar-refractivity contribution in [1.29, 1.82) is 0 Å². The number of aliphatic hydroxyl groups is 2. The fourth-order valence-electron chi connectivity index (χ4n) is 0.932. The van der Waals surface area contributed by atoms with Crippen molar-refractivity contribution in [3.63, 3.8) is 0 Å². The number of nitrogens with one attached hydrogen (secondary N) is 1. The van der Waals surface area contributed by atoms with Crippen molar-refractivity contribution < 1.29 is 15.0 Å². The van der Waals surface area contributed by atoms with Gasteiger partial charge in [-0.15, -0.1) is 0 Å². The molecular weight excluding hydrogens is 182 g/mol. The fourth-order valence-corrected chi connectivity index (χ4v) is 0.932. The van der Waals surface area contributed by atoms with E-state index >= 15 is 0 Å². The lowest BCUT2D eigenvalue weighted by atomic mass is 10.2. The van der Waals surface area contributed by atoms with Gasteiger partial charge in [-0.25, -0.2) is 0 Å². The second-order valence-electron chi connectivity index (χ2n) is 2.99. The van der Waals surface area contributed by atoms with Gasteiger partial charge in [0.25, 0.3) is 5.91 Å². The minimum atomic E-state index is -2.13. The predicted molar refractivity (Wildman–Crippen MR) is 51.4 cm³/mol. The van der Waals surface area contributed by atoms with Crippen molar-refractivity contribution in [1.82, 2.24) is 5.32 Å². The van der Waals surface area contributed by atoms with Gasteiger partial charge in [-0.1, -0.05) is 25.1 Å². The maximum Gasteiger partial charge on any atom is 0.255 e. The third kappa shape index (κ3) is 2.83. The van der Waals surface area contributed by atoms with Crippen LogP contribution in [0.25, 0.3) is 0 Å². The summed E-state index contributed by atoms with van der Waals surface area (Å²) in [4.78, 5) is 11.4. The van der Waals surface area contributed by atoms with Crippen LogP contribution >= 0.6 is 0 Å². The highest BCUT2D eigenvalue weighted by molar-refractivity contribution is 5.94. The molecule has 0 saturated heterocycles. The van der Waals surface area contributed by atoms with Crippen LogP contribution in [0.3, 0.4) is 0 Å². The molecule has 0 aliphatic heterocycles. The van der Waals surface area contributed by atoms with Crippen molar-refractivity contribution in [2.24, 2.45) is 0 Å². The van der Waals surface area contributed by atoms with Gasteiger partial charge in [-0.2, -0.15) is 0 Å². The van der Waals surface area contributed by atoms with Crippen LogP contribution in [0.5, 0.6) is 0 Å². The highest BCUT2D eigenvalue weighted by Crippen LogP contribution is 2.04. The monoisotopic (exact) mass is 195 g/mol. The summed E-state index contributed by atoms with van der Waals surface area (Å²) in [5.41, 5.74) is 0.397. The van der Waals surface area contributed by atoms with Crippen LogP contribution in [-0.4, -0.2) is 22.0 Å². The van der Waals surface area contributed by atoms with Crippen LogP contribution in [0.15, 0.2) is 30.3 Å². The Morgan fingerprint density at radius 1 is 1.36 bits per heavy atom. The number of hydrogen-bond donors (Lipinski definition) is 3. The van der Waals surface area contributed by atoms with Crippen LogP contribution in [0.4, 0.5) is 0 Å². The second kappa shape index (κ2) is 4.21. The molecule has 0 atom stereocenters. The third-order valence-corrected chi connectivity index (χ3v) is 1.84. The zero-order valence-electron chi connectivity index (χ0n) is 7.90. The van der Waals surface area contributed by atoms with Crippen LogP contribution in [0.2, 0.25) is 0 Å². The maximum absolute atomic E-state index is 11.4. The SMILES string of the molecule is CCC(O)(O)NC(=O)c1ccccc1. The van der Waals surface area contributed by atoms with E-state index in [2.05, 4.69) is 5.32 Å². The van der Waals surface area contributed by atoms with Gasteiger partial charge in [-0.3, -0.25) is 4.79 Å².